The number of carbonyl (C=O) groups excluding carboxylic acids is 1. The highest BCUT2D eigenvalue weighted by Crippen LogP contribution is 2.13. The first-order chi connectivity index (χ1) is 7.84. The van der Waals surface area contributed by atoms with Gasteiger partial charge in [0.1, 0.15) is 0 Å². The highest BCUT2D eigenvalue weighted by molar-refractivity contribution is 5.93. The van der Waals surface area contributed by atoms with Gasteiger partial charge in [-0.25, -0.2) is 0 Å². The summed E-state index contributed by atoms with van der Waals surface area (Å²) in [6, 6.07) is -0.0366. The molecule has 1 aromatic rings. The molecule has 2 N–H and O–H groups in total. The van der Waals surface area contributed by atoms with E-state index >= 15 is 0 Å². The molecular formula is C12H21N3O2. The first-order valence-electron chi connectivity index (χ1n) is 5.81. The molecule has 1 amide bonds. The van der Waals surface area contributed by atoms with Crippen molar-refractivity contribution in [2.24, 2.45) is 0 Å². The van der Waals surface area contributed by atoms with Crippen LogP contribution in [0.5, 0.6) is 0 Å². The fraction of sp³-hybridized carbons (Fsp3) is 0.667. The molecule has 0 bridgehead atoms. The number of aliphatic hydroxyl groups is 1. The van der Waals surface area contributed by atoms with Crippen molar-refractivity contribution in [2.45, 2.75) is 45.7 Å². The highest BCUT2D eigenvalue weighted by atomic mass is 16.3. The van der Waals surface area contributed by atoms with E-state index in [-0.39, 0.29) is 24.1 Å². The second-order valence-electron chi connectivity index (χ2n) is 5.23. The number of carbonyl (C=O) groups is 1. The fourth-order valence-electron chi connectivity index (χ4n) is 1.38. The maximum atomic E-state index is 11.8. The lowest BCUT2D eigenvalue weighted by Gasteiger charge is -2.18. The maximum absolute atomic E-state index is 11.8. The van der Waals surface area contributed by atoms with Crippen LogP contribution in [0.2, 0.25) is 0 Å². The summed E-state index contributed by atoms with van der Waals surface area (Å²) < 4.78 is 1.76. The summed E-state index contributed by atoms with van der Waals surface area (Å²) in [5, 5.41) is 15.7. The van der Waals surface area contributed by atoms with E-state index in [9.17, 15) is 4.79 Å². The Balaban J connectivity index is 2.67. The van der Waals surface area contributed by atoms with Crippen LogP contribution >= 0.6 is 0 Å². The van der Waals surface area contributed by atoms with Crippen molar-refractivity contribution in [2.75, 3.05) is 6.61 Å². The van der Waals surface area contributed by atoms with Crippen molar-refractivity contribution < 1.29 is 9.90 Å². The standard InChI is InChI=1S/C12H21N3O2/c1-9(5-6-16)14-11(17)10-7-13-15(8-10)12(2,3)4/h7-9,16H,5-6H2,1-4H3,(H,14,17). The Labute approximate surface area is 102 Å². The lowest BCUT2D eigenvalue weighted by atomic mass is 10.1. The van der Waals surface area contributed by atoms with E-state index in [2.05, 4.69) is 10.4 Å². The third kappa shape index (κ3) is 3.85. The SMILES string of the molecule is CC(CCO)NC(=O)c1cnn(C(C)(C)C)c1. The summed E-state index contributed by atoms with van der Waals surface area (Å²) in [6.07, 6.45) is 3.85. The number of aromatic nitrogens is 2. The number of aliphatic hydroxyl groups excluding tert-OH is 1. The average molecular weight is 239 g/mol. The molecule has 0 aliphatic carbocycles. The Morgan fingerprint density at radius 2 is 2.24 bits per heavy atom. The first-order valence-corrected chi connectivity index (χ1v) is 5.81. The number of amides is 1. The van der Waals surface area contributed by atoms with Crippen molar-refractivity contribution in [3.05, 3.63) is 18.0 Å². The molecule has 0 radical (unpaired) electrons. The van der Waals surface area contributed by atoms with Crippen LogP contribution in [0.4, 0.5) is 0 Å². The van der Waals surface area contributed by atoms with Gasteiger partial charge in [0.15, 0.2) is 0 Å². The molecule has 5 nitrogen and oxygen atoms in total. The summed E-state index contributed by atoms with van der Waals surface area (Å²) in [5.74, 6) is -0.151. The van der Waals surface area contributed by atoms with E-state index in [4.69, 9.17) is 5.11 Å². The summed E-state index contributed by atoms with van der Waals surface area (Å²) in [7, 11) is 0. The van der Waals surface area contributed by atoms with Gasteiger partial charge in [0.05, 0.1) is 17.3 Å². The van der Waals surface area contributed by atoms with Crippen molar-refractivity contribution in [1.29, 1.82) is 0 Å². The van der Waals surface area contributed by atoms with E-state index in [1.165, 1.54) is 0 Å². The van der Waals surface area contributed by atoms with Gasteiger partial charge in [-0.3, -0.25) is 9.48 Å². The molecule has 0 aromatic carbocycles. The van der Waals surface area contributed by atoms with Crippen molar-refractivity contribution in [3.8, 4) is 0 Å². The minimum Gasteiger partial charge on any atom is -0.396 e. The van der Waals surface area contributed by atoms with Crippen molar-refractivity contribution in [3.63, 3.8) is 0 Å². The van der Waals surface area contributed by atoms with Crippen LogP contribution in [0, 0.1) is 0 Å². The molecular weight excluding hydrogens is 218 g/mol. The Morgan fingerprint density at radius 3 is 2.71 bits per heavy atom. The Hall–Kier alpha value is -1.36. The zero-order valence-corrected chi connectivity index (χ0v) is 10.9. The zero-order valence-electron chi connectivity index (χ0n) is 10.9. The van der Waals surface area contributed by atoms with Crippen molar-refractivity contribution in [1.82, 2.24) is 15.1 Å². The maximum Gasteiger partial charge on any atom is 0.254 e. The predicted molar refractivity (Wildman–Crippen MR) is 65.9 cm³/mol. The van der Waals surface area contributed by atoms with Gasteiger partial charge in [-0.05, 0) is 34.1 Å². The molecule has 0 aliphatic rings. The quantitative estimate of drug-likeness (QED) is 0.828. The van der Waals surface area contributed by atoms with Gasteiger partial charge in [-0.1, -0.05) is 0 Å². The largest absolute Gasteiger partial charge is 0.396 e. The van der Waals surface area contributed by atoms with E-state index in [1.807, 2.05) is 27.7 Å². The van der Waals surface area contributed by atoms with Crippen LogP contribution in [0.25, 0.3) is 0 Å². The predicted octanol–water partition coefficient (Wildman–Crippen LogP) is 1.14. The molecule has 0 saturated carbocycles. The number of hydrogen-bond donors (Lipinski definition) is 2. The molecule has 0 spiro atoms. The summed E-state index contributed by atoms with van der Waals surface area (Å²) in [4.78, 5) is 11.8. The van der Waals surface area contributed by atoms with Crippen LogP contribution in [0.15, 0.2) is 12.4 Å². The smallest absolute Gasteiger partial charge is 0.254 e. The number of nitrogens with one attached hydrogen (secondary N) is 1. The van der Waals surface area contributed by atoms with Gasteiger partial charge in [-0.15, -0.1) is 0 Å². The van der Waals surface area contributed by atoms with Crippen LogP contribution in [-0.4, -0.2) is 33.4 Å². The Kier molecular flexibility index (Phi) is 4.28. The van der Waals surface area contributed by atoms with Crippen LogP contribution < -0.4 is 5.32 Å². The van der Waals surface area contributed by atoms with E-state index < -0.39 is 0 Å². The lowest BCUT2D eigenvalue weighted by molar-refractivity contribution is 0.0934. The lowest BCUT2D eigenvalue weighted by Crippen LogP contribution is -2.33. The number of rotatable bonds is 4. The monoisotopic (exact) mass is 239 g/mol. The third-order valence-corrected chi connectivity index (χ3v) is 2.47. The van der Waals surface area contributed by atoms with Crippen molar-refractivity contribution >= 4 is 5.91 Å². The Morgan fingerprint density at radius 1 is 1.59 bits per heavy atom. The van der Waals surface area contributed by atoms with E-state index in [1.54, 1.807) is 17.1 Å². The van der Waals surface area contributed by atoms with Gasteiger partial charge in [-0.2, -0.15) is 5.10 Å². The average Bonchev–Trinajstić information content (AvgIpc) is 2.65. The molecule has 0 saturated heterocycles. The molecule has 1 rings (SSSR count). The molecule has 1 atom stereocenters. The number of hydrogen-bond acceptors (Lipinski definition) is 3. The van der Waals surface area contributed by atoms with Gasteiger partial charge in [0, 0.05) is 18.8 Å². The molecule has 1 aromatic heterocycles. The van der Waals surface area contributed by atoms with Gasteiger partial charge < -0.3 is 10.4 Å². The Bertz CT molecular complexity index is 379. The zero-order chi connectivity index (χ0) is 13.1. The van der Waals surface area contributed by atoms with Gasteiger partial charge >= 0.3 is 0 Å². The van der Waals surface area contributed by atoms with Crippen LogP contribution in [-0.2, 0) is 5.54 Å². The molecule has 1 heterocycles. The summed E-state index contributed by atoms with van der Waals surface area (Å²) >= 11 is 0. The topological polar surface area (TPSA) is 67.2 Å². The fourth-order valence-corrected chi connectivity index (χ4v) is 1.38. The molecule has 5 heteroatoms. The molecule has 17 heavy (non-hydrogen) atoms. The molecule has 0 aliphatic heterocycles. The highest BCUT2D eigenvalue weighted by Gasteiger charge is 2.17. The van der Waals surface area contributed by atoms with Gasteiger partial charge in [0.2, 0.25) is 0 Å². The third-order valence-electron chi connectivity index (χ3n) is 2.47. The van der Waals surface area contributed by atoms with E-state index in [0.29, 0.717) is 12.0 Å². The summed E-state index contributed by atoms with van der Waals surface area (Å²) in [5.41, 5.74) is 0.416. The van der Waals surface area contributed by atoms with E-state index in [0.717, 1.165) is 0 Å². The van der Waals surface area contributed by atoms with Crippen LogP contribution in [0.1, 0.15) is 44.5 Å². The normalized spacial score (nSPS) is 13.5. The number of nitrogens with zero attached hydrogens (tertiary/aromatic N) is 2. The molecule has 96 valence electrons. The first kappa shape index (κ1) is 13.7. The summed E-state index contributed by atoms with van der Waals surface area (Å²) in [6.45, 7) is 8.01. The molecule has 0 fully saturated rings. The minimum absolute atomic E-state index is 0.0366. The van der Waals surface area contributed by atoms with Crippen LogP contribution in [0.3, 0.4) is 0 Å². The second-order valence-corrected chi connectivity index (χ2v) is 5.23. The second kappa shape index (κ2) is 5.31. The van der Waals surface area contributed by atoms with Gasteiger partial charge in [0.25, 0.3) is 5.91 Å². The minimum atomic E-state index is -0.151. The molecule has 1 unspecified atom stereocenters.